The number of nitrogens with zero attached hydrogens (tertiary/aromatic N) is 4. The standard InChI is InChI=1S/C13H17N5O2S/c1-9-7-12(20-17-9)14-11(19)8-21-13-16-15-10-5-3-2-4-6-18(10)13/h7H,2-6,8H2,1H3,(H,14,19). The molecule has 0 aromatic carbocycles. The third-order valence-electron chi connectivity index (χ3n) is 3.30. The highest BCUT2D eigenvalue weighted by molar-refractivity contribution is 7.99. The van der Waals surface area contributed by atoms with E-state index in [2.05, 4.69) is 25.2 Å². The molecule has 1 N–H and O–H groups in total. The van der Waals surface area contributed by atoms with Gasteiger partial charge >= 0.3 is 0 Å². The molecule has 0 aliphatic carbocycles. The fourth-order valence-electron chi connectivity index (χ4n) is 2.29. The smallest absolute Gasteiger partial charge is 0.237 e. The Bertz CT molecular complexity index is 636. The number of amides is 1. The molecule has 1 aliphatic rings. The van der Waals surface area contributed by atoms with Gasteiger partial charge in [0.15, 0.2) is 5.16 Å². The normalized spacial score (nSPS) is 14.5. The van der Waals surface area contributed by atoms with Gasteiger partial charge < -0.3 is 9.09 Å². The van der Waals surface area contributed by atoms with Gasteiger partial charge in [-0.2, -0.15) is 0 Å². The number of carbonyl (C=O) groups excluding carboxylic acids is 1. The monoisotopic (exact) mass is 307 g/mol. The Hall–Kier alpha value is -1.83. The predicted octanol–water partition coefficient (Wildman–Crippen LogP) is 2.03. The zero-order valence-corrected chi connectivity index (χ0v) is 12.7. The van der Waals surface area contributed by atoms with Gasteiger partial charge in [0.05, 0.1) is 11.4 Å². The van der Waals surface area contributed by atoms with Gasteiger partial charge in [0, 0.05) is 19.0 Å². The van der Waals surface area contributed by atoms with Crippen LogP contribution in [0.2, 0.25) is 0 Å². The average molecular weight is 307 g/mol. The Morgan fingerprint density at radius 1 is 1.43 bits per heavy atom. The largest absolute Gasteiger partial charge is 0.338 e. The molecule has 3 rings (SSSR count). The van der Waals surface area contributed by atoms with E-state index in [-0.39, 0.29) is 11.7 Å². The van der Waals surface area contributed by atoms with Crippen LogP contribution in [0.4, 0.5) is 5.88 Å². The van der Waals surface area contributed by atoms with Crippen molar-refractivity contribution in [3.05, 3.63) is 17.6 Å². The third kappa shape index (κ3) is 3.44. The average Bonchev–Trinajstić information content (AvgIpc) is 2.96. The van der Waals surface area contributed by atoms with Crippen molar-refractivity contribution < 1.29 is 9.32 Å². The Labute approximate surface area is 126 Å². The van der Waals surface area contributed by atoms with Crippen molar-refractivity contribution in [2.75, 3.05) is 11.1 Å². The second-order valence-electron chi connectivity index (χ2n) is 5.03. The maximum atomic E-state index is 11.9. The topological polar surface area (TPSA) is 85.8 Å². The molecule has 8 heteroatoms. The molecule has 0 saturated carbocycles. The number of aromatic nitrogens is 4. The van der Waals surface area contributed by atoms with Crippen LogP contribution in [0.5, 0.6) is 0 Å². The van der Waals surface area contributed by atoms with E-state index in [0.29, 0.717) is 5.88 Å². The summed E-state index contributed by atoms with van der Waals surface area (Å²) in [6.07, 6.45) is 4.49. The predicted molar refractivity (Wildman–Crippen MR) is 78.2 cm³/mol. The highest BCUT2D eigenvalue weighted by Crippen LogP contribution is 2.22. The minimum absolute atomic E-state index is 0.137. The maximum Gasteiger partial charge on any atom is 0.237 e. The van der Waals surface area contributed by atoms with Gasteiger partial charge in [-0.05, 0) is 19.8 Å². The summed E-state index contributed by atoms with van der Waals surface area (Å²) < 4.78 is 7.08. The lowest BCUT2D eigenvalue weighted by atomic mass is 10.2. The van der Waals surface area contributed by atoms with Gasteiger partial charge in [0.2, 0.25) is 11.8 Å². The first-order valence-electron chi connectivity index (χ1n) is 7.00. The molecule has 112 valence electrons. The lowest BCUT2D eigenvalue weighted by Gasteiger charge is -2.05. The molecule has 0 unspecified atom stereocenters. The number of anilines is 1. The molecule has 0 atom stereocenters. The summed E-state index contributed by atoms with van der Waals surface area (Å²) in [5.74, 6) is 1.54. The lowest BCUT2D eigenvalue weighted by molar-refractivity contribution is -0.113. The van der Waals surface area contributed by atoms with E-state index < -0.39 is 0 Å². The molecule has 1 amide bonds. The summed E-state index contributed by atoms with van der Waals surface area (Å²) in [6.45, 7) is 2.74. The van der Waals surface area contributed by atoms with Gasteiger partial charge in [0.25, 0.3) is 0 Å². The Morgan fingerprint density at radius 2 is 2.33 bits per heavy atom. The van der Waals surface area contributed by atoms with Crippen LogP contribution in [-0.4, -0.2) is 31.6 Å². The molecule has 0 bridgehead atoms. The molecular formula is C13H17N5O2S. The molecule has 0 radical (unpaired) electrons. The molecule has 0 fully saturated rings. The quantitative estimate of drug-likeness (QED) is 0.870. The van der Waals surface area contributed by atoms with Gasteiger partial charge in [-0.15, -0.1) is 10.2 Å². The van der Waals surface area contributed by atoms with Crippen LogP contribution in [0.1, 0.15) is 30.8 Å². The number of hydrogen-bond acceptors (Lipinski definition) is 6. The van der Waals surface area contributed by atoms with Crippen molar-refractivity contribution in [1.29, 1.82) is 0 Å². The van der Waals surface area contributed by atoms with Crippen molar-refractivity contribution in [3.8, 4) is 0 Å². The van der Waals surface area contributed by atoms with Crippen molar-refractivity contribution in [1.82, 2.24) is 19.9 Å². The first-order chi connectivity index (χ1) is 10.2. The first-order valence-corrected chi connectivity index (χ1v) is 7.99. The van der Waals surface area contributed by atoms with Crippen molar-refractivity contribution in [2.24, 2.45) is 0 Å². The molecule has 1 aliphatic heterocycles. The van der Waals surface area contributed by atoms with Crippen LogP contribution in [0.3, 0.4) is 0 Å². The Kier molecular flexibility index (Phi) is 4.23. The van der Waals surface area contributed by atoms with E-state index in [1.807, 2.05) is 0 Å². The first kappa shape index (κ1) is 14.1. The number of aryl methyl sites for hydroxylation is 2. The third-order valence-corrected chi connectivity index (χ3v) is 4.27. The number of hydrogen-bond donors (Lipinski definition) is 1. The molecule has 2 aromatic heterocycles. The number of carbonyl (C=O) groups is 1. The highest BCUT2D eigenvalue weighted by Gasteiger charge is 2.16. The van der Waals surface area contributed by atoms with Gasteiger partial charge in [0.1, 0.15) is 5.82 Å². The summed E-state index contributed by atoms with van der Waals surface area (Å²) in [7, 11) is 0. The number of rotatable bonds is 4. The van der Waals surface area contributed by atoms with Crippen LogP contribution in [0.15, 0.2) is 15.7 Å². The second-order valence-corrected chi connectivity index (χ2v) is 5.97. The fourth-order valence-corrected chi connectivity index (χ4v) is 3.07. The molecule has 3 heterocycles. The van der Waals surface area contributed by atoms with Crippen LogP contribution in [0, 0.1) is 6.92 Å². The molecule has 0 spiro atoms. The summed E-state index contributed by atoms with van der Waals surface area (Å²) in [4.78, 5) is 11.9. The van der Waals surface area contributed by atoms with Crippen molar-refractivity contribution in [3.63, 3.8) is 0 Å². The van der Waals surface area contributed by atoms with E-state index in [0.717, 1.165) is 42.5 Å². The van der Waals surface area contributed by atoms with E-state index in [1.165, 1.54) is 18.2 Å². The van der Waals surface area contributed by atoms with E-state index in [9.17, 15) is 4.79 Å². The summed E-state index contributed by atoms with van der Waals surface area (Å²) >= 11 is 1.40. The minimum atomic E-state index is -0.137. The minimum Gasteiger partial charge on any atom is -0.338 e. The van der Waals surface area contributed by atoms with Crippen molar-refractivity contribution >= 4 is 23.6 Å². The zero-order chi connectivity index (χ0) is 14.7. The van der Waals surface area contributed by atoms with E-state index in [4.69, 9.17) is 4.52 Å². The van der Waals surface area contributed by atoms with Crippen LogP contribution >= 0.6 is 11.8 Å². The molecule has 7 nitrogen and oxygen atoms in total. The number of fused-ring (bicyclic) bond motifs is 1. The zero-order valence-electron chi connectivity index (χ0n) is 11.8. The lowest BCUT2D eigenvalue weighted by Crippen LogP contribution is -2.14. The fraction of sp³-hybridized carbons (Fsp3) is 0.538. The number of nitrogens with one attached hydrogen (secondary N) is 1. The highest BCUT2D eigenvalue weighted by atomic mass is 32.2. The SMILES string of the molecule is Cc1cc(NC(=O)CSc2nnc3n2CCCCC3)on1. The Morgan fingerprint density at radius 3 is 3.14 bits per heavy atom. The van der Waals surface area contributed by atoms with E-state index >= 15 is 0 Å². The van der Waals surface area contributed by atoms with Crippen LogP contribution in [-0.2, 0) is 17.8 Å². The summed E-state index contributed by atoms with van der Waals surface area (Å²) in [6, 6.07) is 1.69. The maximum absolute atomic E-state index is 11.9. The molecule has 21 heavy (non-hydrogen) atoms. The van der Waals surface area contributed by atoms with E-state index in [1.54, 1.807) is 13.0 Å². The molecular weight excluding hydrogens is 290 g/mol. The number of thioether (sulfide) groups is 1. The van der Waals surface area contributed by atoms with Crippen molar-refractivity contribution in [2.45, 2.75) is 44.3 Å². The van der Waals surface area contributed by atoms with Gasteiger partial charge in [-0.3, -0.25) is 10.1 Å². The summed E-state index contributed by atoms with van der Waals surface area (Å²) in [5, 5.41) is 15.6. The molecule has 0 saturated heterocycles. The summed E-state index contributed by atoms with van der Waals surface area (Å²) in [5.41, 5.74) is 0.737. The van der Waals surface area contributed by atoms with Crippen LogP contribution < -0.4 is 5.32 Å². The molecule has 2 aromatic rings. The van der Waals surface area contributed by atoms with Crippen LogP contribution in [0.25, 0.3) is 0 Å². The Balaban J connectivity index is 1.57. The van der Waals surface area contributed by atoms with Gasteiger partial charge in [-0.1, -0.05) is 23.3 Å². The van der Waals surface area contributed by atoms with Gasteiger partial charge in [-0.25, -0.2) is 0 Å². The second kappa shape index (κ2) is 6.30.